The van der Waals surface area contributed by atoms with Gasteiger partial charge in [0.1, 0.15) is 10.0 Å². The molecule has 0 aliphatic heterocycles. The molecule has 2 aliphatic rings. The number of thiophene rings is 1. The van der Waals surface area contributed by atoms with Crippen LogP contribution in [0.15, 0.2) is 5.38 Å². The first-order chi connectivity index (χ1) is 14.2. The molecule has 2 aromatic heterocycles. The first-order valence-corrected chi connectivity index (χ1v) is 12.2. The molecule has 2 aromatic rings. The van der Waals surface area contributed by atoms with Gasteiger partial charge in [-0.15, -0.1) is 22.7 Å². The minimum absolute atomic E-state index is 0.185. The van der Waals surface area contributed by atoms with Gasteiger partial charge in [0.15, 0.2) is 0 Å². The van der Waals surface area contributed by atoms with Gasteiger partial charge in [-0.1, -0.05) is 33.1 Å². The van der Waals surface area contributed by atoms with Crippen molar-refractivity contribution in [2.75, 3.05) is 5.32 Å². The standard InChI is InChI=1S/C21H28N2OS2.CH2O3/c1-13-12-25-19(22-13)17-15-9-10-21(2,3)11-16(15)26-20(17)23-18(24)14-7-5-4-6-8-14;2-1(3)4/h12,14H,4-11H2,1-3H3,(H,23,24);(H2,2,3,4). The van der Waals surface area contributed by atoms with E-state index in [0.29, 0.717) is 5.41 Å². The van der Waals surface area contributed by atoms with Gasteiger partial charge in [-0.2, -0.15) is 0 Å². The molecule has 3 N–H and O–H groups in total. The fourth-order valence-electron chi connectivity index (χ4n) is 4.27. The van der Waals surface area contributed by atoms with E-state index in [9.17, 15) is 4.79 Å². The molecule has 6 nitrogen and oxygen atoms in total. The first-order valence-electron chi connectivity index (χ1n) is 10.5. The number of aromatic nitrogens is 1. The number of carboxylic acid groups (broad SMARTS) is 2. The Morgan fingerprint density at radius 2 is 1.87 bits per heavy atom. The highest BCUT2D eigenvalue weighted by Gasteiger charge is 2.32. The number of nitrogens with zero attached hydrogens (tertiary/aromatic N) is 1. The molecule has 0 aromatic carbocycles. The molecule has 2 aliphatic carbocycles. The Hall–Kier alpha value is -1.93. The van der Waals surface area contributed by atoms with Gasteiger partial charge in [0.05, 0.1) is 0 Å². The number of amides is 1. The fraction of sp³-hybridized carbons (Fsp3) is 0.591. The summed E-state index contributed by atoms with van der Waals surface area (Å²) in [7, 11) is 0. The van der Waals surface area contributed by atoms with Crippen LogP contribution < -0.4 is 5.32 Å². The van der Waals surface area contributed by atoms with Gasteiger partial charge in [-0.25, -0.2) is 9.78 Å². The number of hydrogen-bond donors (Lipinski definition) is 3. The molecule has 0 atom stereocenters. The summed E-state index contributed by atoms with van der Waals surface area (Å²) in [5, 5.41) is 21.5. The van der Waals surface area contributed by atoms with Gasteiger partial charge in [0.2, 0.25) is 5.91 Å². The highest BCUT2D eigenvalue weighted by Crippen LogP contribution is 2.48. The molecule has 0 bridgehead atoms. The van der Waals surface area contributed by atoms with Crippen LogP contribution in [0.1, 0.15) is 68.5 Å². The number of thiazole rings is 1. The molecule has 8 heteroatoms. The lowest BCUT2D eigenvalue weighted by Crippen LogP contribution is -2.24. The van der Waals surface area contributed by atoms with Crippen LogP contribution in [-0.4, -0.2) is 27.3 Å². The lowest BCUT2D eigenvalue weighted by atomic mass is 9.77. The highest BCUT2D eigenvalue weighted by molar-refractivity contribution is 7.18. The number of nitrogens with one attached hydrogen (secondary N) is 1. The summed E-state index contributed by atoms with van der Waals surface area (Å²) in [5.74, 6) is 0.405. The summed E-state index contributed by atoms with van der Waals surface area (Å²) in [5.41, 5.74) is 4.05. The Kier molecular flexibility index (Phi) is 7.18. The predicted octanol–water partition coefficient (Wildman–Crippen LogP) is 6.44. The molecule has 1 amide bonds. The van der Waals surface area contributed by atoms with Gasteiger partial charge >= 0.3 is 6.16 Å². The number of hydrogen-bond acceptors (Lipinski definition) is 5. The molecule has 0 radical (unpaired) electrons. The van der Waals surface area contributed by atoms with Gasteiger partial charge < -0.3 is 15.5 Å². The summed E-state index contributed by atoms with van der Waals surface area (Å²) >= 11 is 3.50. The van der Waals surface area contributed by atoms with Crippen molar-refractivity contribution in [1.82, 2.24) is 4.98 Å². The minimum atomic E-state index is -1.83. The third kappa shape index (κ3) is 5.60. The summed E-state index contributed by atoms with van der Waals surface area (Å²) in [6, 6.07) is 0. The molecule has 0 saturated heterocycles. The summed E-state index contributed by atoms with van der Waals surface area (Å²) in [6.07, 6.45) is 7.28. The van der Waals surface area contributed by atoms with Crippen molar-refractivity contribution < 1.29 is 19.8 Å². The van der Waals surface area contributed by atoms with E-state index in [1.165, 1.54) is 41.7 Å². The smallest absolute Gasteiger partial charge is 0.450 e. The van der Waals surface area contributed by atoms with Crippen molar-refractivity contribution in [2.45, 2.75) is 72.1 Å². The molecule has 1 fully saturated rings. The summed E-state index contributed by atoms with van der Waals surface area (Å²) < 4.78 is 0. The van der Waals surface area contributed by atoms with E-state index < -0.39 is 6.16 Å². The van der Waals surface area contributed by atoms with Crippen molar-refractivity contribution in [3.05, 3.63) is 21.5 Å². The van der Waals surface area contributed by atoms with Crippen LogP contribution in [0.3, 0.4) is 0 Å². The Bertz CT molecular complexity index is 906. The summed E-state index contributed by atoms with van der Waals surface area (Å²) in [4.78, 5) is 27.6. The van der Waals surface area contributed by atoms with Crippen molar-refractivity contribution >= 4 is 39.7 Å². The number of carbonyl (C=O) groups is 2. The quantitative estimate of drug-likeness (QED) is 0.500. The Balaban J connectivity index is 0.000000589. The molecule has 0 spiro atoms. The number of fused-ring (bicyclic) bond motifs is 1. The van der Waals surface area contributed by atoms with Crippen LogP contribution >= 0.6 is 22.7 Å². The third-order valence-electron chi connectivity index (χ3n) is 5.83. The Morgan fingerprint density at radius 1 is 1.20 bits per heavy atom. The largest absolute Gasteiger partial charge is 0.503 e. The van der Waals surface area contributed by atoms with E-state index >= 15 is 0 Å². The zero-order valence-corrected chi connectivity index (χ0v) is 19.4. The molecule has 0 unspecified atom stereocenters. The minimum Gasteiger partial charge on any atom is -0.450 e. The highest BCUT2D eigenvalue weighted by atomic mass is 32.1. The topological polar surface area (TPSA) is 99.5 Å². The van der Waals surface area contributed by atoms with Crippen molar-refractivity contribution in [1.29, 1.82) is 0 Å². The fourth-order valence-corrected chi connectivity index (χ4v) is 6.72. The molecule has 1 saturated carbocycles. The average Bonchev–Trinajstić information content (AvgIpc) is 3.23. The number of anilines is 1. The van der Waals surface area contributed by atoms with E-state index in [1.54, 1.807) is 22.7 Å². The maximum absolute atomic E-state index is 12.9. The van der Waals surface area contributed by atoms with E-state index in [0.717, 1.165) is 41.4 Å². The molecule has 4 rings (SSSR count). The van der Waals surface area contributed by atoms with Crippen LogP contribution in [0.4, 0.5) is 9.80 Å². The van der Waals surface area contributed by atoms with Crippen LogP contribution in [-0.2, 0) is 17.6 Å². The molecule has 164 valence electrons. The monoisotopic (exact) mass is 450 g/mol. The number of rotatable bonds is 3. The lowest BCUT2D eigenvalue weighted by Gasteiger charge is -2.29. The SMILES string of the molecule is Cc1csc(-c2c(NC(=O)C3CCCCC3)sc3c2CCC(C)(C)C3)n1.O=C(O)O. The first kappa shape index (κ1) is 22.7. The Morgan fingerprint density at radius 3 is 2.47 bits per heavy atom. The normalized spacial score (nSPS) is 18.1. The van der Waals surface area contributed by atoms with E-state index in [2.05, 4.69) is 24.5 Å². The van der Waals surface area contributed by atoms with Crippen molar-refractivity contribution in [3.63, 3.8) is 0 Å². The Labute approximate surface area is 185 Å². The van der Waals surface area contributed by atoms with Crippen LogP contribution in [0, 0.1) is 18.3 Å². The van der Waals surface area contributed by atoms with Gasteiger partial charge in [-0.3, -0.25) is 4.79 Å². The molecule has 30 heavy (non-hydrogen) atoms. The van der Waals surface area contributed by atoms with Crippen LogP contribution in [0.25, 0.3) is 10.6 Å². The maximum atomic E-state index is 12.9. The average molecular weight is 451 g/mol. The van der Waals surface area contributed by atoms with Crippen molar-refractivity contribution in [3.8, 4) is 10.6 Å². The number of aryl methyl sites for hydroxylation is 1. The molecular weight excluding hydrogens is 420 g/mol. The molecule has 2 heterocycles. The second kappa shape index (κ2) is 9.47. The molecular formula is C22H30N2O4S2. The zero-order valence-electron chi connectivity index (χ0n) is 17.8. The van der Waals surface area contributed by atoms with E-state index in [4.69, 9.17) is 20.0 Å². The number of carbonyl (C=O) groups excluding carboxylic acids is 1. The van der Waals surface area contributed by atoms with Crippen molar-refractivity contribution in [2.24, 2.45) is 11.3 Å². The van der Waals surface area contributed by atoms with Crippen LogP contribution in [0.2, 0.25) is 0 Å². The van der Waals surface area contributed by atoms with E-state index in [-0.39, 0.29) is 11.8 Å². The lowest BCUT2D eigenvalue weighted by molar-refractivity contribution is -0.120. The van der Waals surface area contributed by atoms with E-state index in [1.807, 2.05) is 6.92 Å². The maximum Gasteiger partial charge on any atom is 0.503 e. The predicted molar refractivity (Wildman–Crippen MR) is 122 cm³/mol. The van der Waals surface area contributed by atoms with Gasteiger partial charge in [-0.05, 0) is 50.0 Å². The van der Waals surface area contributed by atoms with Crippen LogP contribution in [0.5, 0.6) is 0 Å². The summed E-state index contributed by atoms with van der Waals surface area (Å²) in [6.45, 7) is 6.74. The second-order valence-corrected chi connectivity index (χ2v) is 10.9. The second-order valence-electron chi connectivity index (χ2n) is 8.95. The van der Waals surface area contributed by atoms with Gasteiger partial charge in [0.25, 0.3) is 0 Å². The third-order valence-corrected chi connectivity index (χ3v) is 7.95. The van der Waals surface area contributed by atoms with Gasteiger partial charge in [0, 0.05) is 27.4 Å². The zero-order chi connectivity index (χ0) is 21.9.